The molecule has 1 rings (SSSR count). The van der Waals surface area contributed by atoms with Crippen LogP contribution in [0.5, 0.6) is 0 Å². The average Bonchev–Trinajstić information content (AvgIpc) is 2.93. The number of nitrogens with zero attached hydrogens (tertiary/aromatic N) is 2. The molecule has 0 bridgehead atoms. The van der Waals surface area contributed by atoms with Gasteiger partial charge in [-0.25, -0.2) is 4.79 Å². The van der Waals surface area contributed by atoms with Crippen molar-refractivity contribution in [3.8, 4) is 0 Å². The lowest BCUT2D eigenvalue weighted by atomic mass is 10.0. The lowest BCUT2D eigenvalue weighted by Crippen LogP contribution is -2.46. The fourth-order valence-corrected chi connectivity index (χ4v) is 3.63. The van der Waals surface area contributed by atoms with Crippen molar-refractivity contribution in [2.75, 3.05) is 26.0 Å². The van der Waals surface area contributed by atoms with Crippen molar-refractivity contribution in [2.24, 2.45) is 5.92 Å². The number of esters is 1. The van der Waals surface area contributed by atoms with E-state index in [1.54, 1.807) is 26.1 Å². The number of ether oxygens (including phenoxy) is 1. The second kappa shape index (κ2) is 17.4. The summed E-state index contributed by atoms with van der Waals surface area (Å²) in [6, 6.07) is 1.94. The number of likely N-dealkylation sites (N-methyl/N-ethyl adjacent to an activating group) is 1. The molecule has 11 nitrogen and oxygen atoms in total. The normalized spacial score (nSPS) is 12.1. The number of hydrogen-bond donors (Lipinski definition) is 3. The van der Waals surface area contributed by atoms with Crippen LogP contribution < -0.4 is 21.5 Å². The SMILES string of the molecule is C=CN(C)/C(=C\C)C(=O)N[C@@H](CC/C=C/C(=O)OC)C(=O)Nc1cccn(CC(=O)NCC(CC)CC)c1=O. The van der Waals surface area contributed by atoms with Crippen molar-refractivity contribution in [1.82, 2.24) is 20.1 Å². The van der Waals surface area contributed by atoms with Crippen LogP contribution in [0.15, 0.2) is 59.8 Å². The Hall–Kier alpha value is -4.15. The molecule has 0 aliphatic rings. The molecule has 0 aliphatic heterocycles. The van der Waals surface area contributed by atoms with Crippen molar-refractivity contribution in [2.45, 2.75) is 59.0 Å². The number of carbonyl (C=O) groups is 4. The number of nitrogens with one attached hydrogen (secondary N) is 3. The minimum absolute atomic E-state index is 0.0332. The number of methoxy groups -OCH3 is 1. The maximum Gasteiger partial charge on any atom is 0.330 e. The van der Waals surface area contributed by atoms with E-state index in [1.165, 1.54) is 47.2 Å². The molecule has 0 saturated heterocycles. The van der Waals surface area contributed by atoms with Gasteiger partial charge in [-0.2, -0.15) is 0 Å². The number of pyridine rings is 1. The number of hydrogen-bond acceptors (Lipinski definition) is 7. The van der Waals surface area contributed by atoms with Crippen molar-refractivity contribution < 1.29 is 23.9 Å². The topological polar surface area (TPSA) is 139 Å². The van der Waals surface area contributed by atoms with Gasteiger partial charge in [0, 0.05) is 25.9 Å². The third-order valence-electron chi connectivity index (χ3n) is 6.19. The first-order valence-electron chi connectivity index (χ1n) is 13.0. The van der Waals surface area contributed by atoms with Crippen LogP contribution in [0.3, 0.4) is 0 Å². The molecule has 0 aromatic carbocycles. The third-order valence-corrected chi connectivity index (χ3v) is 6.19. The largest absolute Gasteiger partial charge is 0.466 e. The molecule has 1 heterocycles. The molecule has 214 valence electrons. The minimum Gasteiger partial charge on any atom is -0.466 e. The molecular formula is C28H41N5O6. The smallest absolute Gasteiger partial charge is 0.330 e. The first-order valence-corrected chi connectivity index (χ1v) is 13.0. The fourth-order valence-electron chi connectivity index (χ4n) is 3.63. The molecule has 0 fully saturated rings. The molecule has 11 heteroatoms. The molecular weight excluding hydrogens is 502 g/mol. The van der Waals surface area contributed by atoms with E-state index >= 15 is 0 Å². The van der Waals surface area contributed by atoms with E-state index in [0.717, 1.165) is 12.8 Å². The quantitative estimate of drug-likeness (QED) is 0.215. The number of allylic oxidation sites excluding steroid dienone is 2. The van der Waals surface area contributed by atoms with Crippen LogP contribution in [0.25, 0.3) is 0 Å². The van der Waals surface area contributed by atoms with Crippen molar-refractivity contribution in [3.63, 3.8) is 0 Å². The summed E-state index contributed by atoms with van der Waals surface area (Å²) in [4.78, 5) is 64.3. The van der Waals surface area contributed by atoms with Gasteiger partial charge >= 0.3 is 5.97 Å². The standard InChI is InChI=1S/C28H41N5O6/c1-7-20(8-2)18-29-24(34)19-33-17-13-15-22(28(33)38)31-26(36)21(14-11-12-16-25(35)39-6)30-27(37)23(9-3)32(5)10-4/h9-10,12-13,15-17,20-21H,4,7-8,11,14,18-19H2,1-3,5-6H3,(H,29,34)(H,30,37)(H,31,36)/b16-12+,23-9-/t21-/m0/s1. The van der Waals surface area contributed by atoms with Gasteiger partial charge in [-0.1, -0.05) is 45.4 Å². The third kappa shape index (κ3) is 11.0. The maximum atomic E-state index is 13.2. The van der Waals surface area contributed by atoms with Crippen LogP contribution in [0.2, 0.25) is 0 Å². The molecule has 0 aliphatic carbocycles. The van der Waals surface area contributed by atoms with E-state index < -0.39 is 29.4 Å². The number of anilines is 1. The molecule has 0 spiro atoms. The molecule has 1 aromatic rings. The highest BCUT2D eigenvalue weighted by molar-refractivity contribution is 6.00. The Morgan fingerprint density at radius 3 is 2.49 bits per heavy atom. The summed E-state index contributed by atoms with van der Waals surface area (Å²) in [5.41, 5.74) is -0.316. The van der Waals surface area contributed by atoms with Gasteiger partial charge in [-0.05, 0) is 44.0 Å². The van der Waals surface area contributed by atoms with Gasteiger partial charge in [0.05, 0.1) is 7.11 Å². The minimum atomic E-state index is -1.04. The van der Waals surface area contributed by atoms with Gasteiger partial charge in [-0.15, -0.1) is 0 Å². The van der Waals surface area contributed by atoms with Gasteiger partial charge in [-0.3, -0.25) is 19.2 Å². The van der Waals surface area contributed by atoms with Gasteiger partial charge in [0.15, 0.2) is 0 Å². The zero-order chi connectivity index (χ0) is 29.4. The molecule has 0 saturated carbocycles. The highest BCUT2D eigenvalue weighted by Crippen LogP contribution is 2.09. The number of rotatable bonds is 16. The molecule has 3 N–H and O–H groups in total. The second-order valence-electron chi connectivity index (χ2n) is 8.83. The number of amides is 3. The second-order valence-corrected chi connectivity index (χ2v) is 8.83. The molecule has 0 radical (unpaired) electrons. The van der Waals surface area contributed by atoms with E-state index in [1.807, 2.05) is 0 Å². The summed E-state index contributed by atoms with van der Waals surface area (Å²) in [7, 11) is 2.89. The molecule has 39 heavy (non-hydrogen) atoms. The van der Waals surface area contributed by atoms with Crippen LogP contribution >= 0.6 is 0 Å². The lowest BCUT2D eigenvalue weighted by Gasteiger charge is -2.22. The Bertz CT molecular complexity index is 1120. The van der Waals surface area contributed by atoms with E-state index in [2.05, 4.69) is 41.1 Å². The van der Waals surface area contributed by atoms with Gasteiger partial charge in [0.25, 0.3) is 11.5 Å². The average molecular weight is 544 g/mol. The van der Waals surface area contributed by atoms with Crippen molar-refractivity contribution in [3.05, 3.63) is 65.4 Å². The van der Waals surface area contributed by atoms with Crippen LogP contribution in [0.4, 0.5) is 5.69 Å². The molecule has 1 atom stereocenters. The van der Waals surface area contributed by atoms with E-state index in [4.69, 9.17) is 0 Å². The van der Waals surface area contributed by atoms with Crippen LogP contribution in [0, 0.1) is 5.92 Å². The predicted molar refractivity (Wildman–Crippen MR) is 150 cm³/mol. The number of aromatic nitrogens is 1. The summed E-state index contributed by atoms with van der Waals surface area (Å²) >= 11 is 0. The highest BCUT2D eigenvalue weighted by Gasteiger charge is 2.24. The number of carbonyl (C=O) groups excluding carboxylic acids is 4. The molecule has 1 aromatic heterocycles. The zero-order valence-corrected chi connectivity index (χ0v) is 23.5. The highest BCUT2D eigenvalue weighted by atomic mass is 16.5. The van der Waals surface area contributed by atoms with E-state index in [9.17, 15) is 24.0 Å². The Labute approximate surface area is 230 Å². The Morgan fingerprint density at radius 2 is 1.90 bits per heavy atom. The maximum absolute atomic E-state index is 13.2. The Kier molecular flexibility index (Phi) is 14.6. The molecule has 0 unspecified atom stereocenters. The monoisotopic (exact) mass is 543 g/mol. The molecule has 3 amide bonds. The van der Waals surface area contributed by atoms with Gasteiger partial charge in [0.1, 0.15) is 24.0 Å². The first-order chi connectivity index (χ1) is 18.6. The summed E-state index contributed by atoms with van der Waals surface area (Å²) in [6.07, 6.45) is 9.54. The Morgan fingerprint density at radius 1 is 1.21 bits per heavy atom. The lowest BCUT2D eigenvalue weighted by molar-refractivity contribution is -0.134. The van der Waals surface area contributed by atoms with Crippen molar-refractivity contribution in [1.29, 1.82) is 0 Å². The Balaban J connectivity index is 3.06. The summed E-state index contributed by atoms with van der Waals surface area (Å²) in [6.45, 7) is 9.76. The van der Waals surface area contributed by atoms with Crippen molar-refractivity contribution >= 4 is 29.4 Å². The summed E-state index contributed by atoms with van der Waals surface area (Å²) < 4.78 is 5.77. The predicted octanol–water partition coefficient (Wildman–Crippen LogP) is 2.31. The van der Waals surface area contributed by atoms with Crippen LogP contribution in [-0.2, 0) is 30.5 Å². The van der Waals surface area contributed by atoms with E-state index in [-0.39, 0.29) is 36.7 Å². The van der Waals surface area contributed by atoms with E-state index in [0.29, 0.717) is 12.5 Å². The van der Waals surface area contributed by atoms with Gasteiger partial charge < -0.3 is 30.2 Å². The summed E-state index contributed by atoms with van der Waals surface area (Å²) in [5.74, 6) is -1.63. The van der Waals surface area contributed by atoms with Crippen LogP contribution in [0.1, 0.15) is 46.5 Å². The van der Waals surface area contributed by atoms with Gasteiger partial charge in [0.2, 0.25) is 11.8 Å². The zero-order valence-electron chi connectivity index (χ0n) is 23.5. The summed E-state index contributed by atoms with van der Waals surface area (Å²) in [5, 5.41) is 8.09. The van der Waals surface area contributed by atoms with Crippen LogP contribution in [-0.4, -0.2) is 59.9 Å². The fraction of sp³-hybridized carbons (Fsp3) is 0.464. The first kappa shape index (κ1) is 32.9.